The van der Waals surface area contributed by atoms with Crippen LogP contribution in [-0.2, 0) is 11.2 Å². The van der Waals surface area contributed by atoms with Crippen molar-refractivity contribution in [3.63, 3.8) is 0 Å². The third-order valence-electron chi connectivity index (χ3n) is 6.30. The van der Waals surface area contributed by atoms with Gasteiger partial charge in [-0.25, -0.2) is 9.97 Å². The van der Waals surface area contributed by atoms with Crippen molar-refractivity contribution in [3.05, 3.63) is 54.0 Å². The topological polar surface area (TPSA) is 70.6 Å². The molecule has 0 bridgehead atoms. The van der Waals surface area contributed by atoms with Crippen molar-refractivity contribution in [1.82, 2.24) is 14.9 Å². The Kier molecular flexibility index (Phi) is 7.30. The predicted molar refractivity (Wildman–Crippen MR) is 134 cm³/mol. The number of nitrogens with zero attached hydrogens (tertiary/aromatic N) is 4. The fourth-order valence-corrected chi connectivity index (χ4v) is 4.57. The van der Waals surface area contributed by atoms with Gasteiger partial charge >= 0.3 is 0 Å². The Bertz CT molecular complexity index is 1130. The van der Waals surface area contributed by atoms with Gasteiger partial charge < -0.3 is 15.0 Å². The molecule has 1 aromatic heterocycles. The predicted octanol–water partition coefficient (Wildman–Crippen LogP) is 3.84. The van der Waals surface area contributed by atoms with Gasteiger partial charge in [0.1, 0.15) is 11.6 Å². The standard InChI is InChI=1S/C25H29N5O2.ClH/c1-18-26-16-20-21(27-18)6-4-7-23(20)30-13-11-29(12-14-30)10-3-2-5-19-8-9-24-22(15-19)28-25(31)17-32-24;/h4,6-9,15-16H,2-3,5,10-14,17H2,1H3,(H,28,31);1H. The Morgan fingerprint density at radius 2 is 1.94 bits per heavy atom. The fraction of sp³-hybridized carbons (Fsp3) is 0.400. The lowest BCUT2D eigenvalue weighted by molar-refractivity contribution is -0.118. The minimum absolute atomic E-state index is 0. The number of amides is 1. The van der Waals surface area contributed by atoms with Crippen molar-refractivity contribution in [1.29, 1.82) is 0 Å². The molecule has 5 rings (SSSR count). The van der Waals surface area contributed by atoms with E-state index in [0.29, 0.717) is 0 Å². The van der Waals surface area contributed by atoms with E-state index in [-0.39, 0.29) is 24.9 Å². The molecule has 0 saturated carbocycles. The van der Waals surface area contributed by atoms with Gasteiger partial charge in [-0.15, -0.1) is 12.4 Å². The number of aryl methyl sites for hydroxylation is 2. The van der Waals surface area contributed by atoms with E-state index >= 15 is 0 Å². The molecule has 33 heavy (non-hydrogen) atoms. The van der Waals surface area contributed by atoms with Gasteiger partial charge in [0.05, 0.1) is 11.2 Å². The molecule has 174 valence electrons. The van der Waals surface area contributed by atoms with Crippen molar-refractivity contribution in [2.45, 2.75) is 26.2 Å². The maximum Gasteiger partial charge on any atom is 0.262 e. The van der Waals surface area contributed by atoms with Gasteiger partial charge in [0.25, 0.3) is 5.91 Å². The molecule has 2 aliphatic rings. The van der Waals surface area contributed by atoms with E-state index in [2.05, 4.69) is 49.4 Å². The van der Waals surface area contributed by atoms with Crippen LogP contribution in [0, 0.1) is 6.92 Å². The lowest BCUT2D eigenvalue weighted by Crippen LogP contribution is -2.46. The minimum atomic E-state index is -0.0834. The number of ether oxygens (including phenoxy) is 1. The number of carbonyl (C=O) groups excluding carboxylic acids is 1. The van der Waals surface area contributed by atoms with Crippen molar-refractivity contribution in [2.75, 3.05) is 49.5 Å². The van der Waals surface area contributed by atoms with Crippen molar-refractivity contribution in [3.8, 4) is 5.75 Å². The third kappa shape index (κ3) is 5.37. The number of benzene rings is 2. The molecular weight excluding hydrogens is 438 g/mol. The summed E-state index contributed by atoms with van der Waals surface area (Å²) in [6, 6.07) is 12.4. The first kappa shape index (κ1) is 23.3. The summed E-state index contributed by atoms with van der Waals surface area (Å²) in [4.78, 5) is 25.5. The number of unbranched alkanes of at least 4 members (excludes halogenated alkanes) is 1. The number of fused-ring (bicyclic) bond motifs is 2. The van der Waals surface area contributed by atoms with Gasteiger partial charge in [0.2, 0.25) is 0 Å². The third-order valence-corrected chi connectivity index (χ3v) is 6.30. The maximum absolute atomic E-state index is 11.5. The smallest absolute Gasteiger partial charge is 0.262 e. The molecular formula is C25H30ClN5O2. The second-order valence-electron chi connectivity index (χ2n) is 8.58. The van der Waals surface area contributed by atoms with Crippen LogP contribution in [-0.4, -0.2) is 60.1 Å². The molecule has 0 spiro atoms. The first-order chi connectivity index (χ1) is 15.7. The Morgan fingerprint density at radius 3 is 2.79 bits per heavy atom. The molecule has 0 radical (unpaired) electrons. The van der Waals surface area contributed by atoms with Crippen LogP contribution in [0.15, 0.2) is 42.6 Å². The second-order valence-corrected chi connectivity index (χ2v) is 8.58. The summed E-state index contributed by atoms with van der Waals surface area (Å²) in [5, 5.41) is 4.03. The molecule has 0 unspecified atom stereocenters. The van der Waals surface area contributed by atoms with E-state index < -0.39 is 0 Å². The quantitative estimate of drug-likeness (QED) is 0.555. The fourth-order valence-electron chi connectivity index (χ4n) is 4.57. The second kappa shape index (κ2) is 10.4. The summed E-state index contributed by atoms with van der Waals surface area (Å²) in [5.74, 6) is 1.49. The van der Waals surface area contributed by atoms with Gasteiger partial charge in [-0.3, -0.25) is 9.69 Å². The van der Waals surface area contributed by atoms with Crippen LogP contribution in [0.3, 0.4) is 0 Å². The molecule has 0 atom stereocenters. The monoisotopic (exact) mass is 467 g/mol. The first-order valence-corrected chi connectivity index (χ1v) is 11.4. The Balaban J connectivity index is 0.00000259. The number of hydrogen-bond donors (Lipinski definition) is 1. The average Bonchev–Trinajstić information content (AvgIpc) is 2.81. The van der Waals surface area contributed by atoms with Crippen LogP contribution >= 0.6 is 12.4 Å². The molecule has 1 saturated heterocycles. The summed E-state index contributed by atoms with van der Waals surface area (Å²) >= 11 is 0. The van der Waals surface area contributed by atoms with E-state index in [1.807, 2.05) is 25.3 Å². The van der Waals surface area contributed by atoms with Gasteiger partial charge in [-0.1, -0.05) is 12.1 Å². The number of anilines is 2. The van der Waals surface area contributed by atoms with Crippen LogP contribution in [0.25, 0.3) is 10.9 Å². The van der Waals surface area contributed by atoms with E-state index in [9.17, 15) is 4.79 Å². The number of hydrogen-bond acceptors (Lipinski definition) is 6. The zero-order chi connectivity index (χ0) is 21.9. The maximum atomic E-state index is 11.5. The molecule has 2 aromatic carbocycles. The van der Waals surface area contributed by atoms with Gasteiger partial charge in [-0.2, -0.15) is 0 Å². The average molecular weight is 468 g/mol. The van der Waals surface area contributed by atoms with Gasteiger partial charge in [0, 0.05) is 43.4 Å². The van der Waals surface area contributed by atoms with E-state index in [4.69, 9.17) is 4.74 Å². The number of halogens is 1. The van der Waals surface area contributed by atoms with Crippen LogP contribution < -0.4 is 15.0 Å². The van der Waals surface area contributed by atoms with Gasteiger partial charge in [0.15, 0.2) is 6.61 Å². The normalized spacial score (nSPS) is 16.0. The van der Waals surface area contributed by atoms with E-state index in [1.165, 1.54) is 17.7 Å². The summed E-state index contributed by atoms with van der Waals surface area (Å²) in [5.41, 5.74) is 4.30. The zero-order valence-corrected chi connectivity index (χ0v) is 19.7. The number of rotatable bonds is 6. The molecule has 2 aliphatic heterocycles. The van der Waals surface area contributed by atoms with Crippen LogP contribution in [0.2, 0.25) is 0 Å². The summed E-state index contributed by atoms with van der Waals surface area (Å²) in [7, 11) is 0. The number of aromatic nitrogens is 2. The Morgan fingerprint density at radius 1 is 1.09 bits per heavy atom. The Hall–Kier alpha value is -2.90. The first-order valence-electron chi connectivity index (χ1n) is 11.4. The molecule has 3 heterocycles. The van der Waals surface area contributed by atoms with Crippen molar-refractivity contribution in [2.24, 2.45) is 0 Å². The van der Waals surface area contributed by atoms with Crippen molar-refractivity contribution >= 4 is 40.6 Å². The van der Waals surface area contributed by atoms with Crippen LogP contribution in [0.4, 0.5) is 11.4 Å². The van der Waals surface area contributed by atoms with E-state index in [0.717, 1.165) is 73.7 Å². The number of carbonyl (C=O) groups is 1. The lowest BCUT2D eigenvalue weighted by atomic mass is 10.1. The molecule has 1 fully saturated rings. The zero-order valence-electron chi connectivity index (χ0n) is 18.9. The Labute approximate surface area is 200 Å². The highest BCUT2D eigenvalue weighted by Crippen LogP contribution is 2.29. The highest BCUT2D eigenvalue weighted by atomic mass is 35.5. The molecule has 3 aromatic rings. The minimum Gasteiger partial charge on any atom is -0.482 e. The van der Waals surface area contributed by atoms with Crippen LogP contribution in [0.5, 0.6) is 5.75 Å². The highest BCUT2D eigenvalue weighted by Gasteiger charge is 2.19. The summed E-state index contributed by atoms with van der Waals surface area (Å²) < 4.78 is 5.44. The largest absolute Gasteiger partial charge is 0.482 e. The van der Waals surface area contributed by atoms with Gasteiger partial charge in [-0.05, 0) is 62.6 Å². The molecule has 1 amide bonds. The molecule has 8 heteroatoms. The molecule has 7 nitrogen and oxygen atoms in total. The van der Waals surface area contributed by atoms with E-state index in [1.54, 1.807) is 0 Å². The molecule has 1 N–H and O–H groups in total. The summed E-state index contributed by atoms with van der Waals surface area (Å²) in [6.07, 6.45) is 5.27. The van der Waals surface area contributed by atoms with Crippen molar-refractivity contribution < 1.29 is 9.53 Å². The highest BCUT2D eigenvalue weighted by molar-refractivity contribution is 5.95. The lowest BCUT2D eigenvalue weighted by Gasteiger charge is -2.36. The number of nitrogens with one attached hydrogen (secondary N) is 1. The molecule has 0 aliphatic carbocycles. The van der Waals surface area contributed by atoms with Crippen LogP contribution in [0.1, 0.15) is 24.2 Å². The SMILES string of the molecule is Cc1ncc2c(N3CCN(CCCCc4ccc5c(c4)NC(=O)CO5)CC3)cccc2n1.Cl. The number of piperazine rings is 1. The summed E-state index contributed by atoms with van der Waals surface area (Å²) in [6.45, 7) is 7.36.